The van der Waals surface area contributed by atoms with Gasteiger partial charge in [0.15, 0.2) is 0 Å². The van der Waals surface area contributed by atoms with Crippen molar-refractivity contribution in [2.45, 2.75) is 18.9 Å². The number of aryl methyl sites for hydroxylation is 1. The van der Waals surface area contributed by atoms with Crippen LogP contribution in [0.25, 0.3) is 5.57 Å². The van der Waals surface area contributed by atoms with Crippen LogP contribution in [0.15, 0.2) is 42.6 Å². The van der Waals surface area contributed by atoms with E-state index in [1.54, 1.807) is 17.9 Å². The summed E-state index contributed by atoms with van der Waals surface area (Å²) in [6.07, 6.45) is 3.52. The molecule has 6 nitrogen and oxygen atoms in total. The van der Waals surface area contributed by atoms with Crippen LogP contribution in [0.3, 0.4) is 0 Å². The minimum absolute atomic E-state index is 0.00444. The largest absolute Gasteiger partial charge is 0.379 e. The van der Waals surface area contributed by atoms with Gasteiger partial charge in [-0.3, -0.25) is 9.48 Å². The predicted octanol–water partition coefficient (Wildman–Crippen LogP) is 1.86. The smallest absolute Gasteiger partial charge is 0.246 e. The second-order valence-electron chi connectivity index (χ2n) is 6.13. The molecule has 0 radical (unpaired) electrons. The number of aromatic nitrogens is 3. The van der Waals surface area contributed by atoms with Crippen LogP contribution in [0.1, 0.15) is 24.1 Å². The van der Waals surface area contributed by atoms with Crippen LogP contribution < -0.4 is 0 Å². The Labute approximate surface area is 141 Å². The summed E-state index contributed by atoms with van der Waals surface area (Å²) in [6.45, 7) is 3.11. The van der Waals surface area contributed by atoms with Crippen molar-refractivity contribution in [2.75, 3.05) is 20.2 Å². The average Bonchev–Trinajstić information content (AvgIpc) is 3.21. The van der Waals surface area contributed by atoms with Gasteiger partial charge in [-0.25, -0.2) is 0 Å². The maximum absolute atomic E-state index is 12.6. The van der Waals surface area contributed by atoms with Crippen molar-refractivity contribution in [3.05, 3.63) is 53.9 Å². The number of amides is 1. The number of likely N-dealkylation sites (tertiary alicyclic amines) is 1. The molecule has 0 spiro atoms. The Balaban J connectivity index is 1.74. The summed E-state index contributed by atoms with van der Waals surface area (Å²) in [5, 5.41) is 8.16. The summed E-state index contributed by atoms with van der Waals surface area (Å²) >= 11 is 0. The van der Waals surface area contributed by atoms with Crippen molar-refractivity contribution in [3.63, 3.8) is 0 Å². The third-order valence-electron chi connectivity index (χ3n) is 4.45. The van der Waals surface area contributed by atoms with Crippen molar-refractivity contribution in [1.82, 2.24) is 19.9 Å². The number of benzene rings is 1. The third kappa shape index (κ3) is 3.38. The van der Waals surface area contributed by atoms with Gasteiger partial charge in [0.05, 0.1) is 17.7 Å². The first-order chi connectivity index (χ1) is 11.6. The fourth-order valence-electron chi connectivity index (χ4n) is 3.07. The molecule has 1 fully saturated rings. The Bertz CT molecular complexity index is 738. The molecule has 0 aliphatic carbocycles. The molecule has 1 aliphatic heterocycles. The van der Waals surface area contributed by atoms with Gasteiger partial charge in [0.1, 0.15) is 0 Å². The molecule has 1 amide bonds. The van der Waals surface area contributed by atoms with Gasteiger partial charge in [0.2, 0.25) is 5.91 Å². The first-order valence-electron chi connectivity index (χ1n) is 8.00. The molecular weight excluding hydrogens is 304 g/mol. The molecule has 1 aromatic heterocycles. The van der Waals surface area contributed by atoms with Crippen LogP contribution in [0.5, 0.6) is 0 Å². The van der Waals surface area contributed by atoms with Gasteiger partial charge in [-0.15, -0.1) is 5.10 Å². The van der Waals surface area contributed by atoms with Crippen LogP contribution in [-0.2, 0) is 16.6 Å². The van der Waals surface area contributed by atoms with E-state index in [2.05, 4.69) is 10.3 Å². The zero-order valence-electron chi connectivity index (χ0n) is 14.2. The molecule has 2 heterocycles. The molecule has 126 valence electrons. The van der Waals surface area contributed by atoms with E-state index in [1.807, 2.05) is 55.4 Å². The molecule has 1 aromatic carbocycles. The zero-order chi connectivity index (χ0) is 17.1. The molecule has 0 bridgehead atoms. The van der Waals surface area contributed by atoms with Gasteiger partial charge >= 0.3 is 0 Å². The van der Waals surface area contributed by atoms with Gasteiger partial charge in [0.25, 0.3) is 0 Å². The lowest BCUT2D eigenvalue weighted by Crippen LogP contribution is -2.28. The molecule has 0 saturated carbocycles. The first-order valence-corrected chi connectivity index (χ1v) is 8.00. The third-order valence-corrected chi connectivity index (χ3v) is 4.45. The van der Waals surface area contributed by atoms with Gasteiger partial charge in [0, 0.05) is 39.5 Å². The van der Waals surface area contributed by atoms with Crippen LogP contribution in [-0.4, -0.2) is 52.1 Å². The quantitative estimate of drug-likeness (QED) is 0.805. The number of allylic oxidation sites excluding steroid dienone is 1. The highest BCUT2D eigenvalue weighted by atomic mass is 16.5. The Morgan fingerprint density at radius 3 is 2.67 bits per heavy atom. The van der Waals surface area contributed by atoms with Crippen molar-refractivity contribution >= 4 is 11.5 Å². The first kappa shape index (κ1) is 16.4. The summed E-state index contributed by atoms with van der Waals surface area (Å²) < 4.78 is 7.24. The van der Waals surface area contributed by atoms with Crippen LogP contribution in [0, 0.1) is 0 Å². The Kier molecular flexibility index (Phi) is 4.76. The van der Waals surface area contributed by atoms with Crippen LogP contribution in [0.2, 0.25) is 0 Å². The highest BCUT2D eigenvalue weighted by molar-refractivity contribution is 5.95. The molecule has 0 N–H and O–H groups in total. The number of carbonyl (C=O) groups is 1. The molecule has 6 heteroatoms. The van der Waals surface area contributed by atoms with Gasteiger partial charge < -0.3 is 9.64 Å². The average molecular weight is 326 g/mol. The molecule has 1 aliphatic rings. The fourth-order valence-corrected chi connectivity index (χ4v) is 3.07. The lowest BCUT2D eigenvalue weighted by molar-refractivity contribution is -0.125. The molecule has 2 aromatic rings. The highest BCUT2D eigenvalue weighted by Gasteiger charge is 2.37. The topological polar surface area (TPSA) is 60.2 Å². The van der Waals surface area contributed by atoms with Gasteiger partial charge in [-0.1, -0.05) is 35.5 Å². The summed E-state index contributed by atoms with van der Waals surface area (Å²) in [4.78, 5) is 14.4. The van der Waals surface area contributed by atoms with E-state index in [0.717, 1.165) is 16.8 Å². The fraction of sp³-hybridized carbons (Fsp3) is 0.389. The Hall–Kier alpha value is -2.47. The maximum atomic E-state index is 12.6. The second kappa shape index (κ2) is 6.97. The van der Waals surface area contributed by atoms with E-state index in [4.69, 9.17) is 4.74 Å². The van der Waals surface area contributed by atoms with Crippen LogP contribution in [0.4, 0.5) is 0 Å². The highest BCUT2D eigenvalue weighted by Crippen LogP contribution is 2.28. The molecule has 2 atom stereocenters. The minimum Gasteiger partial charge on any atom is -0.379 e. The van der Waals surface area contributed by atoms with E-state index >= 15 is 0 Å². The number of hydrogen-bond donors (Lipinski definition) is 0. The molecule has 24 heavy (non-hydrogen) atoms. The Morgan fingerprint density at radius 1 is 1.29 bits per heavy atom. The number of rotatable bonds is 4. The zero-order valence-corrected chi connectivity index (χ0v) is 14.2. The van der Waals surface area contributed by atoms with Crippen molar-refractivity contribution in [3.8, 4) is 0 Å². The van der Waals surface area contributed by atoms with E-state index in [-0.39, 0.29) is 17.9 Å². The van der Waals surface area contributed by atoms with Gasteiger partial charge in [-0.05, 0) is 18.1 Å². The summed E-state index contributed by atoms with van der Waals surface area (Å²) in [7, 11) is 3.51. The van der Waals surface area contributed by atoms with Gasteiger partial charge in [-0.2, -0.15) is 0 Å². The number of carbonyl (C=O) groups excluding carboxylic acids is 1. The number of methoxy groups -OCH3 is 1. The van der Waals surface area contributed by atoms with E-state index in [9.17, 15) is 4.79 Å². The van der Waals surface area contributed by atoms with E-state index in [1.165, 1.54) is 0 Å². The number of hydrogen-bond acceptors (Lipinski definition) is 4. The van der Waals surface area contributed by atoms with E-state index in [0.29, 0.717) is 13.1 Å². The van der Waals surface area contributed by atoms with Crippen molar-refractivity contribution < 1.29 is 9.53 Å². The molecule has 3 rings (SSSR count). The number of nitrogens with zero attached hydrogens (tertiary/aromatic N) is 4. The van der Waals surface area contributed by atoms with E-state index < -0.39 is 0 Å². The number of ether oxygens (including phenoxy) is 1. The van der Waals surface area contributed by atoms with Crippen molar-refractivity contribution in [2.24, 2.45) is 7.05 Å². The molecule has 1 saturated heterocycles. The summed E-state index contributed by atoms with van der Waals surface area (Å²) in [5.41, 5.74) is 2.87. The predicted molar refractivity (Wildman–Crippen MR) is 91.2 cm³/mol. The maximum Gasteiger partial charge on any atom is 0.246 e. The molecule has 0 unspecified atom stereocenters. The standard InChI is InChI=1S/C18H22N4O2/c1-13(14-7-5-4-6-8-14)9-18(23)22-10-15(17(12-22)24-3)16-11-21(2)20-19-16/h4-9,11,15,17H,10,12H2,1-3H3/b13-9+/t15-,17+/m0/s1. The lowest BCUT2D eigenvalue weighted by Gasteiger charge is -2.14. The van der Waals surface area contributed by atoms with Crippen molar-refractivity contribution in [1.29, 1.82) is 0 Å². The van der Waals surface area contributed by atoms with Crippen LogP contribution >= 0.6 is 0 Å². The summed E-state index contributed by atoms with van der Waals surface area (Å²) in [5.74, 6) is 0.0582. The second-order valence-corrected chi connectivity index (χ2v) is 6.13. The monoisotopic (exact) mass is 326 g/mol. The SMILES string of the molecule is CO[C@@H]1CN(C(=O)/C=C(\C)c2ccccc2)C[C@H]1c1cn(C)nn1. The molecular formula is C18H22N4O2. The Morgan fingerprint density at radius 2 is 2.04 bits per heavy atom. The lowest BCUT2D eigenvalue weighted by atomic mass is 10.0. The summed E-state index contributed by atoms with van der Waals surface area (Å²) in [6, 6.07) is 9.91. The normalized spacial score (nSPS) is 21.3. The minimum atomic E-state index is -0.0592.